The normalized spacial score (nSPS) is 15.3. The van der Waals surface area contributed by atoms with Crippen LogP contribution >= 0.6 is 0 Å². The highest BCUT2D eigenvalue weighted by molar-refractivity contribution is 5.98. The number of hydrogen-bond donors (Lipinski definition) is 2. The van der Waals surface area contributed by atoms with Crippen LogP contribution in [0.25, 0.3) is 0 Å². The van der Waals surface area contributed by atoms with Crippen LogP contribution in [0.5, 0.6) is 0 Å². The first-order chi connectivity index (χ1) is 6.16. The number of nitrogens with one attached hydrogen (secondary N) is 1. The minimum Gasteiger partial charge on any atom is -0.359 e. The summed E-state index contributed by atoms with van der Waals surface area (Å²) in [6, 6.07) is 3.17. The van der Waals surface area contributed by atoms with Crippen LogP contribution in [-0.4, -0.2) is 16.8 Å². The number of ketones is 1. The SMILES string of the molecule is CC[C@H](C)[C@H](N)C(=O)c1ccc[nH]1. The fraction of sp³-hybridized carbons (Fsp3) is 0.500. The summed E-state index contributed by atoms with van der Waals surface area (Å²) in [5.41, 5.74) is 6.40. The third kappa shape index (κ3) is 2.18. The highest BCUT2D eigenvalue weighted by Gasteiger charge is 2.20. The zero-order chi connectivity index (χ0) is 9.84. The van der Waals surface area contributed by atoms with Gasteiger partial charge in [-0.05, 0) is 18.1 Å². The molecule has 13 heavy (non-hydrogen) atoms. The Bertz CT molecular complexity index is 266. The van der Waals surface area contributed by atoms with Crippen molar-refractivity contribution in [1.29, 1.82) is 0 Å². The maximum absolute atomic E-state index is 11.6. The van der Waals surface area contributed by atoms with Gasteiger partial charge in [-0.3, -0.25) is 4.79 Å². The summed E-state index contributed by atoms with van der Waals surface area (Å²) < 4.78 is 0. The van der Waals surface area contributed by atoms with Gasteiger partial charge in [0.15, 0.2) is 5.78 Å². The van der Waals surface area contributed by atoms with Crippen molar-refractivity contribution in [3.05, 3.63) is 24.0 Å². The van der Waals surface area contributed by atoms with Crippen molar-refractivity contribution in [2.75, 3.05) is 0 Å². The lowest BCUT2D eigenvalue weighted by molar-refractivity contribution is 0.0930. The van der Waals surface area contributed by atoms with Crippen LogP contribution in [0.15, 0.2) is 18.3 Å². The Balaban J connectivity index is 2.68. The van der Waals surface area contributed by atoms with E-state index in [0.29, 0.717) is 5.69 Å². The van der Waals surface area contributed by atoms with Gasteiger partial charge in [0.1, 0.15) is 0 Å². The zero-order valence-electron chi connectivity index (χ0n) is 8.08. The first kappa shape index (κ1) is 9.99. The number of Topliss-reactive ketones (excluding diaryl/α,β-unsaturated/α-hetero) is 1. The molecule has 0 aliphatic heterocycles. The van der Waals surface area contributed by atoms with E-state index in [1.165, 1.54) is 0 Å². The number of nitrogens with two attached hydrogens (primary N) is 1. The molecule has 0 fully saturated rings. The van der Waals surface area contributed by atoms with E-state index in [4.69, 9.17) is 5.73 Å². The minimum atomic E-state index is -0.386. The predicted molar refractivity (Wildman–Crippen MR) is 52.6 cm³/mol. The monoisotopic (exact) mass is 180 g/mol. The Morgan fingerprint density at radius 3 is 2.85 bits per heavy atom. The second-order valence-electron chi connectivity index (χ2n) is 3.36. The van der Waals surface area contributed by atoms with Crippen molar-refractivity contribution in [3.63, 3.8) is 0 Å². The largest absolute Gasteiger partial charge is 0.359 e. The molecule has 3 N–H and O–H groups in total. The number of carbonyl (C=O) groups excluding carboxylic acids is 1. The maximum Gasteiger partial charge on any atom is 0.195 e. The summed E-state index contributed by atoms with van der Waals surface area (Å²) in [4.78, 5) is 14.5. The van der Waals surface area contributed by atoms with E-state index in [1.54, 1.807) is 18.3 Å². The van der Waals surface area contributed by atoms with Crippen LogP contribution in [0.2, 0.25) is 0 Å². The molecule has 0 aliphatic rings. The average Bonchev–Trinajstić information content (AvgIpc) is 2.67. The Morgan fingerprint density at radius 2 is 2.38 bits per heavy atom. The van der Waals surface area contributed by atoms with Crippen molar-refractivity contribution < 1.29 is 4.79 Å². The standard InChI is InChI=1S/C10H16N2O/c1-3-7(2)9(11)10(13)8-5-4-6-12-8/h4-7,9,12H,3,11H2,1-2H3/t7-,9-/m0/s1. The summed E-state index contributed by atoms with van der Waals surface area (Å²) >= 11 is 0. The molecule has 3 nitrogen and oxygen atoms in total. The van der Waals surface area contributed by atoms with Crippen LogP contribution in [0.3, 0.4) is 0 Å². The highest BCUT2D eigenvalue weighted by atomic mass is 16.1. The summed E-state index contributed by atoms with van der Waals surface area (Å²) in [6.45, 7) is 4.03. The number of rotatable bonds is 4. The molecule has 0 radical (unpaired) electrons. The van der Waals surface area contributed by atoms with Gasteiger partial charge in [-0.25, -0.2) is 0 Å². The molecule has 0 aliphatic carbocycles. The topological polar surface area (TPSA) is 58.9 Å². The van der Waals surface area contributed by atoms with E-state index in [9.17, 15) is 4.79 Å². The molecule has 3 heteroatoms. The molecule has 72 valence electrons. The van der Waals surface area contributed by atoms with Crippen molar-refractivity contribution in [3.8, 4) is 0 Å². The molecule has 1 heterocycles. The Hall–Kier alpha value is -1.09. The second kappa shape index (κ2) is 4.23. The van der Waals surface area contributed by atoms with Gasteiger partial charge in [-0.2, -0.15) is 0 Å². The molecule has 0 aromatic carbocycles. The van der Waals surface area contributed by atoms with E-state index in [2.05, 4.69) is 4.98 Å². The minimum absolute atomic E-state index is 0.000602. The molecule has 0 amide bonds. The molecule has 1 aromatic rings. The van der Waals surface area contributed by atoms with E-state index >= 15 is 0 Å². The molecule has 0 saturated carbocycles. The molecule has 1 aromatic heterocycles. The van der Waals surface area contributed by atoms with Crippen LogP contribution in [0, 0.1) is 5.92 Å². The third-order valence-electron chi connectivity index (χ3n) is 2.42. The van der Waals surface area contributed by atoms with Gasteiger partial charge in [0, 0.05) is 6.20 Å². The second-order valence-corrected chi connectivity index (χ2v) is 3.36. The van der Waals surface area contributed by atoms with Gasteiger partial charge in [0.25, 0.3) is 0 Å². The maximum atomic E-state index is 11.6. The van der Waals surface area contributed by atoms with E-state index in [-0.39, 0.29) is 17.7 Å². The van der Waals surface area contributed by atoms with E-state index < -0.39 is 0 Å². The molecule has 0 bridgehead atoms. The van der Waals surface area contributed by atoms with Crippen molar-refractivity contribution in [1.82, 2.24) is 4.98 Å². The lowest BCUT2D eigenvalue weighted by Gasteiger charge is -2.15. The van der Waals surface area contributed by atoms with Gasteiger partial charge in [0.2, 0.25) is 0 Å². The lowest BCUT2D eigenvalue weighted by atomic mass is 9.95. The molecule has 1 rings (SSSR count). The fourth-order valence-electron chi connectivity index (χ4n) is 1.18. The predicted octanol–water partition coefficient (Wildman–Crippen LogP) is 1.57. The number of aromatic nitrogens is 1. The lowest BCUT2D eigenvalue weighted by Crippen LogP contribution is -2.36. The van der Waals surface area contributed by atoms with Gasteiger partial charge in [-0.15, -0.1) is 0 Å². The van der Waals surface area contributed by atoms with Crippen molar-refractivity contribution in [2.45, 2.75) is 26.3 Å². The molecule has 2 atom stereocenters. The zero-order valence-corrected chi connectivity index (χ0v) is 8.08. The van der Waals surface area contributed by atoms with E-state index in [0.717, 1.165) is 6.42 Å². The molecule has 0 spiro atoms. The summed E-state index contributed by atoms with van der Waals surface area (Å²) in [7, 11) is 0. The molecular weight excluding hydrogens is 164 g/mol. The highest BCUT2D eigenvalue weighted by Crippen LogP contribution is 2.10. The quantitative estimate of drug-likeness (QED) is 0.691. The Morgan fingerprint density at radius 1 is 1.69 bits per heavy atom. The first-order valence-electron chi connectivity index (χ1n) is 4.60. The van der Waals surface area contributed by atoms with Crippen LogP contribution in [-0.2, 0) is 0 Å². The van der Waals surface area contributed by atoms with Crippen LogP contribution in [0.1, 0.15) is 30.8 Å². The number of aromatic amines is 1. The van der Waals surface area contributed by atoms with Crippen molar-refractivity contribution >= 4 is 5.78 Å². The number of hydrogen-bond acceptors (Lipinski definition) is 2. The summed E-state index contributed by atoms with van der Waals surface area (Å²) in [6.07, 6.45) is 2.66. The van der Waals surface area contributed by atoms with Crippen molar-refractivity contribution in [2.24, 2.45) is 11.7 Å². The fourth-order valence-corrected chi connectivity index (χ4v) is 1.18. The third-order valence-corrected chi connectivity index (χ3v) is 2.42. The number of carbonyl (C=O) groups is 1. The molecule has 0 saturated heterocycles. The average molecular weight is 180 g/mol. The smallest absolute Gasteiger partial charge is 0.195 e. The Labute approximate surface area is 78.3 Å². The number of H-pyrrole nitrogens is 1. The van der Waals surface area contributed by atoms with Gasteiger partial charge >= 0.3 is 0 Å². The van der Waals surface area contributed by atoms with Gasteiger partial charge in [0.05, 0.1) is 11.7 Å². The summed E-state index contributed by atoms with van der Waals surface area (Å²) in [5, 5.41) is 0. The van der Waals surface area contributed by atoms with Gasteiger partial charge in [-0.1, -0.05) is 20.3 Å². The van der Waals surface area contributed by atoms with Crippen LogP contribution in [0.4, 0.5) is 0 Å². The van der Waals surface area contributed by atoms with E-state index in [1.807, 2.05) is 13.8 Å². The Kier molecular flexibility index (Phi) is 3.25. The molecule has 0 unspecified atom stereocenters. The summed E-state index contributed by atoms with van der Waals surface area (Å²) in [5.74, 6) is 0.232. The first-order valence-corrected chi connectivity index (χ1v) is 4.60. The van der Waals surface area contributed by atoms with Gasteiger partial charge < -0.3 is 10.7 Å². The molecular formula is C10H16N2O. The van der Waals surface area contributed by atoms with Crippen LogP contribution < -0.4 is 5.73 Å².